The van der Waals surface area contributed by atoms with Crippen molar-refractivity contribution >= 4 is 27.3 Å². The van der Waals surface area contributed by atoms with Crippen molar-refractivity contribution in [3.05, 3.63) is 65.7 Å². The number of carbonyl (C=O) groups excluding carboxylic acids is 1. The summed E-state index contributed by atoms with van der Waals surface area (Å²) in [5.74, 6) is -0.520. The molecule has 0 saturated carbocycles. The summed E-state index contributed by atoms with van der Waals surface area (Å²) >= 11 is 0. The van der Waals surface area contributed by atoms with Crippen LogP contribution in [0.2, 0.25) is 0 Å². The number of hydrogen-bond acceptors (Lipinski definition) is 4. The smallest absolute Gasteiger partial charge is 0.264 e. The van der Waals surface area contributed by atoms with E-state index in [4.69, 9.17) is 0 Å². The summed E-state index contributed by atoms with van der Waals surface area (Å²) in [6.45, 7) is 0. The first kappa shape index (κ1) is 15.4. The Bertz CT molecular complexity index is 876. The SMILES string of the molecule is CS(=O)(=O)NC1N=C(c2ccccc2)c2ccccc2NC1=O. The van der Waals surface area contributed by atoms with E-state index in [0.29, 0.717) is 11.4 Å². The van der Waals surface area contributed by atoms with Crippen LogP contribution in [0.15, 0.2) is 59.6 Å². The van der Waals surface area contributed by atoms with Crippen LogP contribution >= 0.6 is 0 Å². The summed E-state index contributed by atoms with van der Waals surface area (Å²) in [5, 5.41) is 2.71. The zero-order valence-electron chi connectivity index (χ0n) is 12.4. The third-order valence-corrected chi connectivity index (χ3v) is 3.97. The fraction of sp³-hybridized carbons (Fsp3) is 0.125. The summed E-state index contributed by atoms with van der Waals surface area (Å²) in [4.78, 5) is 16.7. The maximum absolute atomic E-state index is 12.3. The Labute approximate surface area is 134 Å². The van der Waals surface area contributed by atoms with Crippen LogP contribution in [-0.2, 0) is 14.8 Å². The minimum Gasteiger partial charge on any atom is -0.322 e. The molecule has 3 rings (SSSR count). The largest absolute Gasteiger partial charge is 0.322 e. The number of sulfonamides is 1. The maximum Gasteiger partial charge on any atom is 0.264 e. The van der Waals surface area contributed by atoms with Gasteiger partial charge in [0.15, 0.2) is 6.17 Å². The van der Waals surface area contributed by atoms with Gasteiger partial charge >= 0.3 is 0 Å². The lowest BCUT2D eigenvalue weighted by molar-refractivity contribution is -0.117. The number of para-hydroxylation sites is 1. The molecule has 0 radical (unpaired) electrons. The zero-order chi connectivity index (χ0) is 16.4. The van der Waals surface area contributed by atoms with Gasteiger partial charge in [0.1, 0.15) is 0 Å². The third kappa shape index (κ3) is 3.46. The van der Waals surface area contributed by atoms with Crippen molar-refractivity contribution in [2.45, 2.75) is 6.17 Å². The van der Waals surface area contributed by atoms with Crippen molar-refractivity contribution < 1.29 is 13.2 Å². The van der Waals surface area contributed by atoms with E-state index in [1.54, 1.807) is 12.1 Å². The molecule has 0 fully saturated rings. The van der Waals surface area contributed by atoms with Crippen LogP contribution in [0.25, 0.3) is 0 Å². The molecule has 1 amide bonds. The highest BCUT2D eigenvalue weighted by atomic mass is 32.2. The number of nitrogens with zero attached hydrogens (tertiary/aromatic N) is 1. The van der Waals surface area contributed by atoms with Crippen molar-refractivity contribution in [2.75, 3.05) is 11.6 Å². The van der Waals surface area contributed by atoms with Crippen LogP contribution < -0.4 is 10.0 Å². The van der Waals surface area contributed by atoms with E-state index in [0.717, 1.165) is 17.4 Å². The number of amides is 1. The quantitative estimate of drug-likeness (QED) is 0.891. The lowest BCUT2D eigenvalue weighted by Gasteiger charge is -2.11. The monoisotopic (exact) mass is 329 g/mol. The highest BCUT2D eigenvalue weighted by molar-refractivity contribution is 7.88. The van der Waals surface area contributed by atoms with Gasteiger partial charge in [-0.2, -0.15) is 4.72 Å². The van der Waals surface area contributed by atoms with Crippen molar-refractivity contribution in [1.29, 1.82) is 0 Å². The number of benzodiazepines with no additional fused rings is 1. The Morgan fingerprint density at radius 3 is 2.39 bits per heavy atom. The molecular formula is C16H15N3O3S. The van der Waals surface area contributed by atoms with Gasteiger partial charge in [0.2, 0.25) is 10.0 Å². The number of hydrogen-bond donors (Lipinski definition) is 2. The summed E-state index contributed by atoms with van der Waals surface area (Å²) in [6.07, 6.45) is -0.219. The molecule has 23 heavy (non-hydrogen) atoms. The third-order valence-electron chi connectivity index (χ3n) is 3.32. The lowest BCUT2D eigenvalue weighted by Crippen LogP contribution is -2.41. The number of rotatable bonds is 3. The van der Waals surface area contributed by atoms with Crippen molar-refractivity contribution in [2.24, 2.45) is 4.99 Å². The number of aliphatic imine (C=N–C) groups is 1. The molecule has 2 N–H and O–H groups in total. The molecule has 1 atom stereocenters. The fourth-order valence-corrected chi connectivity index (χ4v) is 2.93. The molecule has 0 aromatic heterocycles. The molecule has 1 unspecified atom stereocenters. The predicted octanol–water partition coefficient (Wildman–Crippen LogP) is 1.35. The van der Waals surface area contributed by atoms with Gasteiger partial charge in [0.05, 0.1) is 17.7 Å². The number of benzene rings is 2. The van der Waals surface area contributed by atoms with Gasteiger partial charge < -0.3 is 5.32 Å². The molecule has 118 valence electrons. The minimum absolute atomic E-state index is 0.520. The number of nitrogens with one attached hydrogen (secondary N) is 2. The molecule has 2 aromatic carbocycles. The topological polar surface area (TPSA) is 87.6 Å². The number of fused-ring (bicyclic) bond motifs is 1. The Kier molecular flexibility index (Phi) is 3.97. The van der Waals surface area contributed by atoms with Crippen molar-refractivity contribution in [1.82, 2.24) is 4.72 Å². The Morgan fingerprint density at radius 1 is 1.04 bits per heavy atom. The highest BCUT2D eigenvalue weighted by Crippen LogP contribution is 2.23. The average molecular weight is 329 g/mol. The van der Waals surface area contributed by atoms with E-state index in [2.05, 4.69) is 15.0 Å². The first-order valence-electron chi connectivity index (χ1n) is 6.95. The molecule has 6 nitrogen and oxygen atoms in total. The van der Waals surface area contributed by atoms with E-state index in [-0.39, 0.29) is 0 Å². The second-order valence-electron chi connectivity index (χ2n) is 5.17. The Balaban J connectivity index is 2.17. The zero-order valence-corrected chi connectivity index (χ0v) is 13.2. The van der Waals surface area contributed by atoms with Gasteiger partial charge in [0, 0.05) is 11.1 Å². The second-order valence-corrected chi connectivity index (χ2v) is 6.95. The summed E-state index contributed by atoms with van der Waals surface area (Å²) in [5.41, 5.74) is 2.69. The van der Waals surface area contributed by atoms with Crippen molar-refractivity contribution in [3.8, 4) is 0 Å². The first-order valence-corrected chi connectivity index (χ1v) is 8.84. The van der Waals surface area contributed by atoms with E-state index in [1.807, 2.05) is 42.5 Å². The van der Waals surface area contributed by atoms with Gasteiger partial charge in [-0.15, -0.1) is 0 Å². The molecule has 1 heterocycles. The maximum atomic E-state index is 12.3. The fourth-order valence-electron chi connectivity index (χ4n) is 2.37. The Morgan fingerprint density at radius 2 is 1.70 bits per heavy atom. The van der Waals surface area contributed by atoms with Gasteiger partial charge in [-0.25, -0.2) is 8.42 Å². The number of carbonyl (C=O) groups is 1. The summed E-state index contributed by atoms with van der Waals surface area (Å²) in [6, 6.07) is 16.6. The molecular weight excluding hydrogens is 314 g/mol. The van der Waals surface area contributed by atoms with E-state index >= 15 is 0 Å². The molecule has 0 bridgehead atoms. The van der Waals surface area contributed by atoms with Crippen LogP contribution in [-0.4, -0.2) is 32.5 Å². The molecule has 0 spiro atoms. The molecule has 2 aromatic rings. The summed E-state index contributed by atoms with van der Waals surface area (Å²) in [7, 11) is -3.58. The predicted molar refractivity (Wildman–Crippen MR) is 88.9 cm³/mol. The Hall–Kier alpha value is -2.51. The molecule has 1 aliphatic rings. The molecule has 1 aliphatic heterocycles. The highest BCUT2D eigenvalue weighted by Gasteiger charge is 2.27. The van der Waals surface area contributed by atoms with Gasteiger partial charge in [-0.1, -0.05) is 48.5 Å². The van der Waals surface area contributed by atoms with Crippen LogP contribution in [0.4, 0.5) is 5.69 Å². The number of anilines is 1. The average Bonchev–Trinajstić information content (AvgIpc) is 2.64. The molecule has 7 heteroatoms. The van der Waals surface area contributed by atoms with E-state index < -0.39 is 22.1 Å². The first-order chi connectivity index (χ1) is 10.9. The van der Waals surface area contributed by atoms with Crippen LogP contribution in [0.5, 0.6) is 0 Å². The normalized spacial score (nSPS) is 17.7. The standard InChI is InChI=1S/C16H15N3O3S/c1-23(21,22)19-15-16(20)17-13-10-6-5-9-12(13)14(18-15)11-7-3-2-4-8-11/h2-10,15,19H,1H3,(H,17,20). The van der Waals surface area contributed by atoms with E-state index in [9.17, 15) is 13.2 Å². The van der Waals surface area contributed by atoms with Gasteiger partial charge in [-0.05, 0) is 6.07 Å². The molecule has 0 saturated heterocycles. The van der Waals surface area contributed by atoms with Crippen molar-refractivity contribution in [3.63, 3.8) is 0 Å². The van der Waals surface area contributed by atoms with Gasteiger partial charge in [0.25, 0.3) is 5.91 Å². The van der Waals surface area contributed by atoms with Crippen LogP contribution in [0.3, 0.4) is 0 Å². The van der Waals surface area contributed by atoms with Gasteiger partial charge in [-0.3, -0.25) is 9.79 Å². The van der Waals surface area contributed by atoms with Crippen LogP contribution in [0, 0.1) is 0 Å². The summed E-state index contributed by atoms with van der Waals surface area (Å²) < 4.78 is 25.3. The van der Waals surface area contributed by atoms with E-state index in [1.165, 1.54) is 0 Å². The minimum atomic E-state index is -3.58. The molecule has 0 aliphatic carbocycles. The lowest BCUT2D eigenvalue weighted by atomic mass is 10.0. The second kappa shape index (κ2) is 5.94. The van der Waals surface area contributed by atoms with Crippen LogP contribution in [0.1, 0.15) is 11.1 Å².